The minimum atomic E-state index is -0.518. The van der Waals surface area contributed by atoms with Crippen LogP contribution in [-0.4, -0.2) is 13.0 Å². The fraction of sp³-hybridized carbons (Fsp3) is 0.188. The lowest BCUT2D eigenvalue weighted by atomic mass is 10.1. The first-order valence-electron chi connectivity index (χ1n) is 6.35. The second-order valence-corrected chi connectivity index (χ2v) is 5.42. The maximum atomic E-state index is 13.7. The number of anilines is 1. The average molecular weight is 336 g/mol. The van der Waals surface area contributed by atoms with Gasteiger partial charge in [-0.15, -0.1) is 0 Å². The van der Waals surface area contributed by atoms with Crippen LogP contribution in [-0.2, 0) is 6.42 Å². The molecule has 0 radical (unpaired) electrons. The molecule has 104 valence electrons. The maximum Gasteiger partial charge on any atom is 0.261 e. The minimum absolute atomic E-state index is 0.0569. The molecular weight excluding hydrogens is 321 g/mol. The van der Waals surface area contributed by atoms with Crippen molar-refractivity contribution in [2.45, 2.75) is 13.3 Å². The van der Waals surface area contributed by atoms with Gasteiger partial charge in [0.15, 0.2) is 0 Å². The predicted molar refractivity (Wildman–Crippen MR) is 82.7 cm³/mol. The number of aryl methyl sites for hydroxylation is 1. The molecule has 0 aromatic heterocycles. The molecule has 0 aliphatic heterocycles. The molecule has 2 aromatic carbocycles. The molecular formula is C16H15BrFNO. The minimum Gasteiger partial charge on any atom is -0.311 e. The topological polar surface area (TPSA) is 20.3 Å². The quantitative estimate of drug-likeness (QED) is 0.812. The van der Waals surface area contributed by atoms with Gasteiger partial charge in [-0.3, -0.25) is 4.79 Å². The van der Waals surface area contributed by atoms with Crippen LogP contribution >= 0.6 is 15.9 Å². The van der Waals surface area contributed by atoms with Crippen LogP contribution in [0, 0.1) is 5.82 Å². The van der Waals surface area contributed by atoms with E-state index in [1.54, 1.807) is 13.1 Å². The third-order valence-electron chi connectivity index (χ3n) is 3.20. The first-order chi connectivity index (χ1) is 9.52. The fourth-order valence-corrected chi connectivity index (χ4v) is 2.28. The summed E-state index contributed by atoms with van der Waals surface area (Å²) >= 11 is 3.25. The molecule has 2 aromatic rings. The van der Waals surface area contributed by atoms with Crippen LogP contribution < -0.4 is 4.90 Å². The van der Waals surface area contributed by atoms with E-state index in [4.69, 9.17) is 0 Å². The summed E-state index contributed by atoms with van der Waals surface area (Å²) in [5.74, 6) is -0.886. The number of rotatable bonds is 3. The first-order valence-corrected chi connectivity index (χ1v) is 7.14. The van der Waals surface area contributed by atoms with Gasteiger partial charge in [0.25, 0.3) is 5.91 Å². The third kappa shape index (κ3) is 3.07. The molecule has 0 spiro atoms. The zero-order valence-electron chi connectivity index (χ0n) is 11.4. The van der Waals surface area contributed by atoms with Gasteiger partial charge in [-0.2, -0.15) is 0 Å². The highest BCUT2D eigenvalue weighted by Crippen LogP contribution is 2.21. The Bertz CT molecular complexity index is 625. The van der Waals surface area contributed by atoms with Gasteiger partial charge in [0.1, 0.15) is 5.82 Å². The van der Waals surface area contributed by atoms with E-state index in [-0.39, 0.29) is 11.5 Å². The van der Waals surface area contributed by atoms with Crippen molar-refractivity contribution in [3.8, 4) is 0 Å². The zero-order chi connectivity index (χ0) is 14.7. The average Bonchev–Trinajstić information content (AvgIpc) is 2.48. The summed E-state index contributed by atoms with van der Waals surface area (Å²) in [6, 6.07) is 12.0. The molecule has 0 aliphatic carbocycles. The lowest BCUT2D eigenvalue weighted by Crippen LogP contribution is -2.27. The summed E-state index contributed by atoms with van der Waals surface area (Å²) < 4.78 is 14.4. The molecule has 0 saturated carbocycles. The summed E-state index contributed by atoms with van der Waals surface area (Å²) in [7, 11) is 1.64. The largest absolute Gasteiger partial charge is 0.311 e. The van der Waals surface area contributed by atoms with Gasteiger partial charge >= 0.3 is 0 Å². The highest BCUT2D eigenvalue weighted by Gasteiger charge is 2.17. The molecule has 0 N–H and O–H groups in total. The summed E-state index contributed by atoms with van der Waals surface area (Å²) in [5.41, 5.74) is 2.00. The lowest BCUT2D eigenvalue weighted by Gasteiger charge is -2.18. The molecule has 0 atom stereocenters. The number of hydrogen-bond acceptors (Lipinski definition) is 1. The Balaban J connectivity index is 2.29. The Morgan fingerprint density at radius 1 is 1.20 bits per heavy atom. The van der Waals surface area contributed by atoms with Crippen LogP contribution in [0.15, 0.2) is 46.9 Å². The molecule has 20 heavy (non-hydrogen) atoms. The zero-order valence-corrected chi connectivity index (χ0v) is 12.9. The number of nitrogens with zero attached hydrogens (tertiary/aromatic N) is 1. The predicted octanol–water partition coefficient (Wildman–Crippen LogP) is 4.43. The number of carbonyl (C=O) groups is 1. The molecule has 4 heteroatoms. The van der Waals surface area contributed by atoms with Gasteiger partial charge in [-0.25, -0.2) is 4.39 Å². The molecule has 0 saturated heterocycles. The first kappa shape index (κ1) is 14.7. The van der Waals surface area contributed by atoms with Gasteiger partial charge in [-0.05, 0) is 42.3 Å². The Morgan fingerprint density at radius 2 is 1.85 bits per heavy atom. The second-order valence-electron chi connectivity index (χ2n) is 4.51. The monoisotopic (exact) mass is 335 g/mol. The van der Waals surface area contributed by atoms with Crippen LogP contribution in [0.5, 0.6) is 0 Å². The van der Waals surface area contributed by atoms with E-state index in [1.807, 2.05) is 24.3 Å². The van der Waals surface area contributed by atoms with Crippen molar-refractivity contribution in [2.75, 3.05) is 11.9 Å². The van der Waals surface area contributed by atoms with Crippen molar-refractivity contribution >= 4 is 27.5 Å². The second kappa shape index (κ2) is 6.18. The molecule has 0 bridgehead atoms. The van der Waals surface area contributed by atoms with Crippen molar-refractivity contribution in [3.05, 3.63) is 63.9 Å². The van der Waals surface area contributed by atoms with Crippen molar-refractivity contribution in [1.82, 2.24) is 0 Å². The van der Waals surface area contributed by atoms with E-state index in [0.717, 1.165) is 12.1 Å². The number of amides is 1. The van der Waals surface area contributed by atoms with Crippen molar-refractivity contribution < 1.29 is 9.18 Å². The van der Waals surface area contributed by atoms with Crippen LogP contribution in [0.3, 0.4) is 0 Å². The Labute approximate surface area is 126 Å². The standard InChI is InChI=1S/C16H15BrFNO/c1-3-11-4-7-13(8-5-11)19(2)16(20)14-10-12(17)6-9-15(14)18/h4-10H,3H2,1-2H3. The molecule has 0 aliphatic rings. The van der Waals surface area contributed by atoms with Crippen LogP contribution in [0.2, 0.25) is 0 Å². The third-order valence-corrected chi connectivity index (χ3v) is 3.69. The highest BCUT2D eigenvalue weighted by atomic mass is 79.9. The van der Waals surface area contributed by atoms with Crippen molar-refractivity contribution in [3.63, 3.8) is 0 Å². The molecule has 1 amide bonds. The summed E-state index contributed by atoms with van der Waals surface area (Å²) in [6.45, 7) is 2.07. The number of halogens is 2. The van der Waals surface area contributed by atoms with E-state index in [9.17, 15) is 9.18 Å². The van der Waals surface area contributed by atoms with E-state index < -0.39 is 5.82 Å². The molecule has 0 unspecified atom stereocenters. The Morgan fingerprint density at radius 3 is 2.45 bits per heavy atom. The van der Waals surface area contributed by atoms with E-state index in [2.05, 4.69) is 22.9 Å². The molecule has 2 nitrogen and oxygen atoms in total. The lowest BCUT2D eigenvalue weighted by molar-refractivity contribution is 0.0989. The maximum absolute atomic E-state index is 13.7. The highest BCUT2D eigenvalue weighted by molar-refractivity contribution is 9.10. The van der Waals surface area contributed by atoms with Crippen LogP contribution in [0.1, 0.15) is 22.8 Å². The van der Waals surface area contributed by atoms with E-state index in [1.165, 1.54) is 22.6 Å². The smallest absolute Gasteiger partial charge is 0.261 e. The Kier molecular flexibility index (Phi) is 4.55. The number of hydrogen-bond donors (Lipinski definition) is 0. The van der Waals surface area contributed by atoms with Gasteiger partial charge in [0, 0.05) is 17.2 Å². The van der Waals surface area contributed by atoms with Crippen molar-refractivity contribution in [2.24, 2.45) is 0 Å². The fourth-order valence-electron chi connectivity index (χ4n) is 1.91. The Hall–Kier alpha value is -1.68. The molecule has 0 heterocycles. The number of benzene rings is 2. The van der Waals surface area contributed by atoms with Gasteiger partial charge in [0.05, 0.1) is 5.56 Å². The normalized spacial score (nSPS) is 10.4. The van der Waals surface area contributed by atoms with E-state index >= 15 is 0 Å². The summed E-state index contributed by atoms with van der Waals surface area (Å²) in [5, 5.41) is 0. The van der Waals surface area contributed by atoms with Gasteiger partial charge in [-0.1, -0.05) is 35.0 Å². The van der Waals surface area contributed by atoms with Gasteiger partial charge < -0.3 is 4.90 Å². The van der Waals surface area contributed by atoms with Crippen molar-refractivity contribution in [1.29, 1.82) is 0 Å². The SMILES string of the molecule is CCc1ccc(N(C)C(=O)c2cc(Br)ccc2F)cc1. The molecule has 0 fully saturated rings. The summed E-state index contributed by atoms with van der Waals surface area (Å²) in [6.07, 6.45) is 0.943. The van der Waals surface area contributed by atoms with Crippen LogP contribution in [0.25, 0.3) is 0 Å². The summed E-state index contributed by atoms with van der Waals surface area (Å²) in [4.78, 5) is 13.8. The molecule has 2 rings (SSSR count). The van der Waals surface area contributed by atoms with E-state index in [0.29, 0.717) is 4.47 Å². The number of carbonyl (C=O) groups excluding carboxylic acids is 1. The van der Waals surface area contributed by atoms with Gasteiger partial charge in [0.2, 0.25) is 0 Å². The van der Waals surface area contributed by atoms with Crippen LogP contribution in [0.4, 0.5) is 10.1 Å².